The van der Waals surface area contributed by atoms with Crippen molar-refractivity contribution in [1.82, 2.24) is 5.32 Å². The third kappa shape index (κ3) is 2.52. The lowest BCUT2D eigenvalue weighted by atomic mass is 9.92. The van der Waals surface area contributed by atoms with Gasteiger partial charge in [-0.3, -0.25) is 0 Å². The highest BCUT2D eigenvalue weighted by molar-refractivity contribution is 9.11. The molecule has 4 heteroatoms. The molecule has 2 atom stereocenters. The summed E-state index contributed by atoms with van der Waals surface area (Å²) in [4.78, 5) is 1.38. The minimum absolute atomic E-state index is 0.318. The number of rotatable bonds is 4. The highest BCUT2D eigenvalue weighted by Gasteiger charge is 2.32. The standard InChI is InChI=1S/C16H18BrNOS/c1-3-18-15(14-8-10(2)16(17)20-14)12-9-19-13-7-5-4-6-11(12)13/h4-8,12,15,18H,3,9H2,1-2H3. The molecule has 0 saturated carbocycles. The Kier molecular flexibility index (Phi) is 4.15. The second-order valence-corrected chi connectivity index (χ2v) is 7.50. The number of fused-ring (bicyclic) bond motifs is 1. The Morgan fingerprint density at radius 1 is 1.45 bits per heavy atom. The van der Waals surface area contributed by atoms with Crippen LogP contribution in [0.15, 0.2) is 34.1 Å². The van der Waals surface area contributed by atoms with Crippen LogP contribution in [-0.2, 0) is 0 Å². The van der Waals surface area contributed by atoms with Crippen molar-refractivity contribution < 1.29 is 4.74 Å². The number of ether oxygens (including phenoxy) is 1. The van der Waals surface area contributed by atoms with E-state index in [0.717, 1.165) is 18.9 Å². The first-order chi connectivity index (χ1) is 9.70. The van der Waals surface area contributed by atoms with Gasteiger partial charge >= 0.3 is 0 Å². The number of aryl methyl sites for hydroxylation is 1. The fourth-order valence-electron chi connectivity index (χ4n) is 2.76. The van der Waals surface area contributed by atoms with E-state index in [0.29, 0.717) is 12.0 Å². The molecule has 1 aromatic heterocycles. The fourth-order valence-corrected chi connectivity index (χ4v) is 4.47. The number of nitrogens with one attached hydrogen (secondary N) is 1. The molecule has 0 saturated heterocycles. The zero-order chi connectivity index (χ0) is 14.1. The third-order valence-corrected chi connectivity index (χ3v) is 5.97. The topological polar surface area (TPSA) is 21.3 Å². The molecule has 3 rings (SSSR count). The maximum atomic E-state index is 5.85. The average Bonchev–Trinajstić information content (AvgIpc) is 3.01. The normalized spacial score (nSPS) is 18.6. The lowest BCUT2D eigenvalue weighted by Gasteiger charge is -2.22. The summed E-state index contributed by atoms with van der Waals surface area (Å²) >= 11 is 5.46. The summed E-state index contributed by atoms with van der Waals surface area (Å²) in [7, 11) is 0. The van der Waals surface area contributed by atoms with E-state index in [4.69, 9.17) is 4.74 Å². The molecular formula is C16H18BrNOS. The number of hydrogen-bond donors (Lipinski definition) is 1. The SMILES string of the molecule is CCNC(c1cc(C)c(Br)s1)C1COc2ccccc21. The van der Waals surface area contributed by atoms with Crippen LogP contribution in [0.3, 0.4) is 0 Å². The van der Waals surface area contributed by atoms with Crippen molar-refractivity contribution in [3.05, 3.63) is 50.1 Å². The van der Waals surface area contributed by atoms with Gasteiger partial charge in [-0.25, -0.2) is 0 Å². The Balaban J connectivity index is 1.96. The Labute approximate surface area is 132 Å². The Hall–Kier alpha value is -0.840. The molecule has 1 aliphatic rings. The van der Waals surface area contributed by atoms with E-state index in [1.54, 1.807) is 0 Å². The fraction of sp³-hybridized carbons (Fsp3) is 0.375. The Bertz CT molecular complexity index is 591. The maximum Gasteiger partial charge on any atom is 0.122 e. The zero-order valence-electron chi connectivity index (χ0n) is 11.7. The molecule has 1 aliphatic heterocycles. The van der Waals surface area contributed by atoms with Gasteiger partial charge in [-0.05, 0) is 47.1 Å². The molecule has 0 radical (unpaired) electrons. The number of likely N-dealkylation sites (N-methyl/N-ethyl adjacent to an activating group) is 1. The maximum absolute atomic E-state index is 5.85. The van der Waals surface area contributed by atoms with E-state index < -0.39 is 0 Å². The summed E-state index contributed by atoms with van der Waals surface area (Å²) < 4.78 is 7.07. The molecule has 106 valence electrons. The van der Waals surface area contributed by atoms with Crippen molar-refractivity contribution in [2.24, 2.45) is 0 Å². The minimum Gasteiger partial charge on any atom is -0.493 e. The van der Waals surface area contributed by atoms with E-state index in [2.05, 4.69) is 59.4 Å². The summed E-state index contributed by atoms with van der Waals surface area (Å²) in [6, 6.07) is 11.0. The number of benzene rings is 1. The van der Waals surface area contributed by atoms with Gasteiger partial charge in [0.15, 0.2) is 0 Å². The van der Waals surface area contributed by atoms with Crippen LogP contribution >= 0.6 is 27.3 Å². The van der Waals surface area contributed by atoms with E-state index in [-0.39, 0.29) is 0 Å². The smallest absolute Gasteiger partial charge is 0.122 e. The molecule has 2 heterocycles. The van der Waals surface area contributed by atoms with Crippen molar-refractivity contribution >= 4 is 27.3 Å². The molecule has 2 unspecified atom stereocenters. The van der Waals surface area contributed by atoms with Crippen LogP contribution in [0.1, 0.15) is 34.9 Å². The van der Waals surface area contributed by atoms with Gasteiger partial charge in [-0.15, -0.1) is 11.3 Å². The third-order valence-electron chi connectivity index (χ3n) is 3.75. The quantitative estimate of drug-likeness (QED) is 0.865. The van der Waals surface area contributed by atoms with Gasteiger partial charge in [0.25, 0.3) is 0 Å². The highest BCUT2D eigenvalue weighted by atomic mass is 79.9. The molecule has 1 N–H and O–H groups in total. The second-order valence-electron chi connectivity index (χ2n) is 5.10. The van der Waals surface area contributed by atoms with E-state index in [1.807, 2.05) is 17.4 Å². The van der Waals surface area contributed by atoms with Crippen molar-refractivity contribution in [3.63, 3.8) is 0 Å². The number of hydrogen-bond acceptors (Lipinski definition) is 3. The van der Waals surface area contributed by atoms with Crippen LogP contribution in [0.2, 0.25) is 0 Å². The zero-order valence-corrected chi connectivity index (χ0v) is 14.1. The molecule has 20 heavy (non-hydrogen) atoms. The van der Waals surface area contributed by atoms with Crippen molar-refractivity contribution in [2.45, 2.75) is 25.8 Å². The van der Waals surface area contributed by atoms with E-state index >= 15 is 0 Å². The lowest BCUT2D eigenvalue weighted by molar-refractivity contribution is 0.302. The van der Waals surface area contributed by atoms with Crippen molar-refractivity contribution in [1.29, 1.82) is 0 Å². The molecule has 2 nitrogen and oxygen atoms in total. The largest absolute Gasteiger partial charge is 0.493 e. The average molecular weight is 352 g/mol. The van der Waals surface area contributed by atoms with Crippen LogP contribution in [0.5, 0.6) is 5.75 Å². The molecule has 0 fully saturated rings. The van der Waals surface area contributed by atoms with Gasteiger partial charge < -0.3 is 10.1 Å². The Morgan fingerprint density at radius 2 is 2.25 bits per heavy atom. The van der Waals surface area contributed by atoms with Gasteiger partial charge in [-0.2, -0.15) is 0 Å². The van der Waals surface area contributed by atoms with Gasteiger partial charge in [-0.1, -0.05) is 25.1 Å². The first-order valence-corrected chi connectivity index (χ1v) is 8.52. The first kappa shape index (κ1) is 14.1. The molecule has 0 spiro atoms. The molecule has 0 aliphatic carbocycles. The Morgan fingerprint density at radius 3 is 2.95 bits per heavy atom. The predicted molar refractivity (Wildman–Crippen MR) is 87.9 cm³/mol. The van der Waals surface area contributed by atoms with Crippen LogP contribution in [0, 0.1) is 6.92 Å². The number of thiophene rings is 1. The van der Waals surface area contributed by atoms with Crippen LogP contribution < -0.4 is 10.1 Å². The monoisotopic (exact) mass is 351 g/mol. The summed E-state index contributed by atoms with van der Waals surface area (Å²) in [6.45, 7) is 6.01. The van der Waals surface area contributed by atoms with Crippen LogP contribution in [0.4, 0.5) is 0 Å². The molecule has 0 amide bonds. The van der Waals surface area contributed by atoms with Gasteiger partial charge in [0.05, 0.1) is 16.4 Å². The molecule has 1 aromatic carbocycles. The number of halogens is 1. The van der Waals surface area contributed by atoms with Crippen LogP contribution in [-0.4, -0.2) is 13.2 Å². The summed E-state index contributed by atoms with van der Waals surface area (Å²) in [5, 5.41) is 3.63. The van der Waals surface area contributed by atoms with Gasteiger partial charge in [0.2, 0.25) is 0 Å². The highest BCUT2D eigenvalue weighted by Crippen LogP contribution is 2.44. The summed E-state index contributed by atoms with van der Waals surface area (Å²) in [5.74, 6) is 1.42. The molecule has 0 bridgehead atoms. The summed E-state index contributed by atoms with van der Waals surface area (Å²) in [5.41, 5.74) is 2.63. The molecular weight excluding hydrogens is 334 g/mol. The second kappa shape index (κ2) is 5.88. The first-order valence-electron chi connectivity index (χ1n) is 6.91. The van der Waals surface area contributed by atoms with E-state index in [9.17, 15) is 0 Å². The van der Waals surface area contributed by atoms with Gasteiger partial charge in [0, 0.05) is 16.4 Å². The van der Waals surface area contributed by atoms with Crippen molar-refractivity contribution in [2.75, 3.05) is 13.2 Å². The number of para-hydroxylation sites is 1. The van der Waals surface area contributed by atoms with E-state index in [1.165, 1.54) is 19.8 Å². The predicted octanol–water partition coefficient (Wildman–Crippen LogP) is 4.65. The lowest BCUT2D eigenvalue weighted by Crippen LogP contribution is -2.27. The summed E-state index contributed by atoms with van der Waals surface area (Å²) in [6.07, 6.45) is 0. The molecule has 2 aromatic rings. The van der Waals surface area contributed by atoms with Crippen LogP contribution in [0.25, 0.3) is 0 Å². The van der Waals surface area contributed by atoms with Gasteiger partial charge in [0.1, 0.15) is 5.75 Å². The minimum atomic E-state index is 0.318. The van der Waals surface area contributed by atoms with Crippen molar-refractivity contribution in [3.8, 4) is 5.75 Å².